The molecule has 0 saturated heterocycles. The summed E-state index contributed by atoms with van der Waals surface area (Å²) in [5, 5.41) is 10.9. The van der Waals surface area contributed by atoms with Crippen LogP contribution in [-0.2, 0) is 6.54 Å². The highest BCUT2D eigenvalue weighted by Crippen LogP contribution is 2.02. The van der Waals surface area contributed by atoms with Gasteiger partial charge in [-0.25, -0.2) is 4.68 Å². The van der Waals surface area contributed by atoms with Gasteiger partial charge in [0.1, 0.15) is 5.15 Å². The van der Waals surface area contributed by atoms with Crippen LogP contribution < -0.4 is 5.32 Å². The van der Waals surface area contributed by atoms with Gasteiger partial charge in [-0.15, -0.1) is 5.10 Å². The minimum Gasteiger partial charge on any atom is -0.318 e. The van der Waals surface area contributed by atoms with Crippen LogP contribution in [0.5, 0.6) is 0 Å². The number of likely N-dealkylation sites (N-methyl/N-ethyl adjacent to an activating group) is 1. The molecule has 0 aromatic carbocycles. The summed E-state index contributed by atoms with van der Waals surface area (Å²) >= 11 is 5.69. The zero-order valence-corrected chi connectivity index (χ0v) is 6.47. The molecular weight excluding hydrogens is 152 g/mol. The van der Waals surface area contributed by atoms with Crippen LogP contribution in [-0.4, -0.2) is 28.6 Å². The van der Waals surface area contributed by atoms with Gasteiger partial charge in [0.05, 0.1) is 12.7 Å². The van der Waals surface area contributed by atoms with E-state index in [0.717, 1.165) is 13.1 Å². The van der Waals surface area contributed by atoms with Crippen molar-refractivity contribution in [2.24, 2.45) is 0 Å². The second-order valence-corrected chi connectivity index (χ2v) is 2.27. The lowest BCUT2D eigenvalue weighted by molar-refractivity contribution is 0.566. The molecule has 0 amide bonds. The van der Waals surface area contributed by atoms with Crippen LogP contribution >= 0.6 is 11.6 Å². The monoisotopic (exact) mass is 160 g/mol. The minimum absolute atomic E-state index is 0.579. The lowest BCUT2D eigenvalue weighted by Gasteiger charge is -1.98. The summed E-state index contributed by atoms with van der Waals surface area (Å²) in [6, 6.07) is 0. The van der Waals surface area contributed by atoms with Gasteiger partial charge in [0.2, 0.25) is 0 Å². The predicted octanol–water partition coefficient (Wildman–Crippen LogP) is 0.151. The van der Waals surface area contributed by atoms with E-state index >= 15 is 0 Å². The van der Waals surface area contributed by atoms with Crippen LogP contribution in [0, 0.1) is 0 Å². The standard InChI is InChI=1S/C5H9ClN4/c1-7-2-3-10-5(6)4-8-9-10/h4,7H,2-3H2,1H3. The number of nitrogens with one attached hydrogen (secondary N) is 1. The van der Waals surface area contributed by atoms with Gasteiger partial charge >= 0.3 is 0 Å². The molecule has 0 aliphatic heterocycles. The van der Waals surface area contributed by atoms with E-state index in [4.69, 9.17) is 11.6 Å². The first-order valence-corrected chi connectivity index (χ1v) is 3.41. The molecule has 0 atom stereocenters. The average molecular weight is 161 g/mol. The Hall–Kier alpha value is -0.610. The van der Waals surface area contributed by atoms with Crippen molar-refractivity contribution in [1.82, 2.24) is 20.3 Å². The Bertz CT molecular complexity index is 197. The SMILES string of the molecule is CNCCn1nncc1Cl. The molecule has 1 aromatic heterocycles. The molecule has 0 aliphatic rings. The zero-order valence-electron chi connectivity index (χ0n) is 5.71. The molecule has 0 fully saturated rings. The normalized spacial score (nSPS) is 10.2. The molecule has 0 aliphatic carbocycles. The Morgan fingerprint density at radius 2 is 2.60 bits per heavy atom. The molecular formula is C5H9ClN4. The number of rotatable bonds is 3. The van der Waals surface area contributed by atoms with E-state index in [2.05, 4.69) is 15.6 Å². The van der Waals surface area contributed by atoms with Crippen LogP contribution in [0.25, 0.3) is 0 Å². The summed E-state index contributed by atoms with van der Waals surface area (Å²) < 4.78 is 1.64. The minimum atomic E-state index is 0.579. The lowest BCUT2D eigenvalue weighted by atomic mass is 10.6. The molecule has 0 saturated carbocycles. The third kappa shape index (κ3) is 1.68. The molecule has 1 rings (SSSR count). The van der Waals surface area contributed by atoms with Crippen molar-refractivity contribution in [3.05, 3.63) is 11.3 Å². The Kier molecular flexibility index (Phi) is 2.65. The molecule has 4 nitrogen and oxygen atoms in total. The summed E-state index contributed by atoms with van der Waals surface area (Å²) in [6.07, 6.45) is 1.53. The Morgan fingerprint density at radius 1 is 1.80 bits per heavy atom. The second kappa shape index (κ2) is 3.53. The largest absolute Gasteiger partial charge is 0.318 e. The molecule has 0 spiro atoms. The smallest absolute Gasteiger partial charge is 0.147 e. The summed E-state index contributed by atoms with van der Waals surface area (Å²) in [5.41, 5.74) is 0. The maximum Gasteiger partial charge on any atom is 0.147 e. The van der Waals surface area contributed by atoms with E-state index in [1.807, 2.05) is 7.05 Å². The molecule has 1 heterocycles. The first kappa shape index (κ1) is 7.50. The van der Waals surface area contributed by atoms with Crippen molar-refractivity contribution in [1.29, 1.82) is 0 Å². The second-order valence-electron chi connectivity index (χ2n) is 1.88. The molecule has 0 radical (unpaired) electrons. The summed E-state index contributed by atoms with van der Waals surface area (Å²) in [5.74, 6) is 0. The zero-order chi connectivity index (χ0) is 7.40. The van der Waals surface area contributed by atoms with E-state index in [0.29, 0.717) is 5.15 Å². The van der Waals surface area contributed by atoms with Crippen molar-refractivity contribution >= 4 is 11.6 Å². The van der Waals surface area contributed by atoms with Gasteiger partial charge in [0.25, 0.3) is 0 Å². The van der Waals surface area contributed by atoms with E-state index in [1.54, 1.807) is 4.68 Å². The third-order valence-corrected chi connectivity index (χ3v) is 1.44. The number of halogens is 1. The molecule has 10 heavy (non-hydrogen) atoms. The highest BCUT2D eigenvalue weighted by molar-refractivity contribution is 6.29. The Balaban J connectivity index is 2.49. The van der Waals surface area contributed by atoms with Crippen LogP contribution in [0.1, 0.15) is 0 Å². The number of aromatic nitrogens is 3. The highest BCUT2D eigenvalue weighted by Gasteiger charge is 1.96. The Morgan fingerprint density at radius 3 is 3.10 bits per heavy atom. The van der Waals surface area contributed by atoms with Gasteiger partial charge in [-0.2, -0.15) is 0 Å². The fourth-order valence-electron chi connectivity index (χ4n) is 0.614. The van der Waals surface area contributed by atoms with Crippen LogP contribution in [0.15, 0.2) is 6.20 Å². The van der Waals surface area contributed by atoms with E-state index in [1.165, 1.54) is 6.20 Å². The fourth-order valence-corrected chi connectivity index (χ4v) is 0.776. The van der Waals surface area contributed by atoms with E-state index in [9.17, 15) is 0 Å². The first-order chi connectivity index (χ1) is 4.84. The van der Waals surface area contributed by atoms with Crippen LogP contribution in [0.3, 0.4) is 0 Å². The maximum atomic E-state index is 5.69. The first-order valence-electron chi connectivity index (χ1n) is 3.03. The van der Waals surface area contributed by atoms with Crippen molar-refractivity contribution < 1.29 is 0 Å². The highest BCUT2D eigenvalue weighted by atomic mass is 35.5. The van der Waals surface area contributed by atoms with Gasteiger partial charge in [-0.1, -0.05) is 16.8 Å². The van der Waals surface area contributed by atoms with Gasteiger partial charge in [0, 0.05) is 6.54 Å². The van der Waals surface area contributed by atoms with Crippen molar-refractivity contribution in [3.8, 4) is 0 Å². The van der Waals surface area contributed by atoms with Crippen molar-refractivity contribution in [3.63, 3.8) is 0 Å². The summed E-state index contributed by atoms with van der Waals surface area (Å²) in [6.45, 7) is 1.61. The van der Waals surface area contributed by atoms with Crippen molar-refractivity contribution in [2.45, 2.75) is 6.54 Å². The summed E-state index contributed by atoms with van der Waals surface area (Å²) in [7, 11) is 1.88. The molecule has 0 bridgehead atoms. The molecule has 1 N–H and O–H groups in total. The van der Waals surface area contributed by atoms with Gasteiger partial charge < -0.3 is 5.32 Å². The predicted molar refractivity (Wildman–Crippen MR) is 39.0 cm³/mol. The van der Waals surface area contributed by atoms with Gasteiger partial charge in [-0.05, 0) is 7.05 Å². The number of nitrogens with zero attached hydrogens (tertiary/aromatic N) is 3. The van der Waals surface area contributed by atoms with E-state index < -0.39 is 0 Å². The number of hydrogen-bond donors (Lipinski definition) is 1. The van der Waals surface area contributed by atoms with Gasteiger partial charge in [0.15, 0.2) is 0 Å². The third-order valence-electron chi connectivity index (χ3n) is 1.14. The maximum absolute atomic E-state index is 5.69. The van der Waals surface area contributed by atoms with Crippen LogP contribution in [0.4, 0.5) is 0 Å². The van der Waals surface area contributed by atoms with Gasteiger partial charge in [-0.3, -0.25) is 0 Å². The fraction of sp³-hybridized carbons (Fsp3) is 0.600. The van der Waals surface area contributed by atoms with Crippen LogP contribution in [0.2, 0.25) is 5.15 Å². The summed E-state index contributed by atoms with van der Waals surface area (Å²) in [4.78, 5) is 0. The Labute approximate surface area is 64.2 Å². The molecule has 0 unspecified atom stereocenters. The number of hydrogen-bond acceptors (Lipinski definition) is 3. The lowest BCUT2D eigenvalue weighted by Crippen LogP contribution is -2.15. The molecule has 5 heteroatoms. The molecule has 56 valence electrons. The average Bonchev–Trinajstić information content (AvgIpc) is 2.31. The van der Waals surface area contributed by atoms with Crippen molar-refractivity contribution in [2.75, 3.05) is 13.6 Å². The quantitative estimate of drug-likeness (QED) is 0.685. The van der Waals surface area contributed by atoms with E-state index in [-0.39, 0.29) is 0 Å². The topological polar surface area (TPSA) is 42.7 Å². The molecule has 1 aromatic rings.